The van der Waals surface area contributed by atoms with Crippen LogP contribution in [0.3, 0.4) is 0 Å². The van der Waals surface area contributed by atoms with Gasteiger partial charge in [-0.2, -0.15) is 5.26 Å². The highest BCUT2D eigenvalue weighted by molar-refractivity contribution is 7.94. The maximum atomic E-state index is 11.7. The predicted molar refractivity (Wildman–Crippen MR) is 57.7 cm³/mol. The van der Waals surface area contributed by atoms with E-state index in [2.05, 4.69) is 0 Å². The molecule has 0 aliphatic rings. The van der Waals surface area contributed by atoms with Gasteiger partial charge in [-0.05, 0) is 26.0 Å². The summed E-state index contributed by atoms with van der Waals surface area (Å²) in [6.07, 6.45) is 0. The first-order valence-electron chi connectivity index (χ1n) is 4.36. The average molecular weight is 221 g/mol. The number of nitriles is 1. The predicted octanol–water partition coefficient (Wildman–Crippen LogP) is 2.20. The molecule has 0 spiro atoms. The summed E-state index contributed by atoms with van der Waals surface area (Å²) in [4.78, 5) is 0.211. The zero-order valence-electron chi connectivity index (χ0n) is 8.56. The fourth-order valence-electron chi connectivity index (χ4n) is 1.06. The van der Waals surface area contributed by atoms with Gasteiger partial charge in [-0.15, -0.1) is 0 Å². The second-order valence-electron chi connectivity index (χ2n) is 3.27. The molecule has 0 saturated carbocycles. The van der Waals surface area contributed by atoms with Gasteiger partial charge in [0.2, 0.25) is 9.84 Å². The normalized spacial score (nSPS) is 12.2. The monoisotopic (exact) mass is 221 g/mol. The van der Waals surface area contributed by atoms with Crippen LogP contribution in [0, 0.1) is 18.3 Å². The Balaban J connectivity index is 3.20. The Labute approximate surface area is 89.6 Å². The van der Waals surface area contributed by atoms with Crippen molar-refractivity contribution in [3.8, 4) is 6.07 Å². The smallest absolute Gasteiger partial charge is 0.200 e. The lowest BCUT2D eigenvalue weighted by Crippen LogP contribution is -1.97. The summed E-state index contributed by atoms with van der Waals surface area (Å²) >= 11 is 0. The first-order chi connectivity index (χ1) is 6.95. The number of hydrogen-bond acceptors (Lipinski definition) is 3. The zero-order chi connectivity index (χ0) is 11.5. The average Bonchev–Trinajstić information content (AvgIpc) is 2.17. The number of rotatable bonds is 2. The van der Waals surface area contributed by atoms with Crippen molar-refractivity contribution in [2.45, 2.75) is 18.7 Å². The lowest BCUT2D eigenvalue weighted by molar-refractivity contribution is 0.604. The minimum absolute atomic E-state index is 0.176. The fourth-order valence-corrected chi connectivity index (χ4v) is 2.22. The lowest BCUT2D eigenvalue weighted by atomic mass is 10.2. The van der Waals surface area contributed by atoms with Gasteiger partial charge in [0.05, 0.1) is 11.0 Å². The van der Waals surface area contributed by atoms with Crippen molar-refractivity contribution in [3.05, 3.63) is 40.8 Å². The van der Waals surface area contributed by atoms with E-state index in [-0.39, 0.29) is 10.5 Å². The molecule has 0 unspecified atom stereocenters. The van der Waals surface area contributed by atoms with Crippen LogP contribution < -0.4 is 0 Å². The van der Waals surface area contributed by atoms with E-state index in [1.807, 2.05) is 6.92 Å². The van der Waals surface area contributed by atoms with Gasteiger partial charge in [0.15, 0.2) is 0 Å². The van der Waals surface area contributed by atoms with E-state index < -0.39 is 9.84 Å². The van der Waals surface area contributed by atoms with Crippen molar-refractivity contribution in [3.63, 3.8) is 0 Å². The molecule has 0 amide bonds. The second kappa shape index (κ2) is 4.28. The standard InChI is InChI=1S/C11H11NO2S/c1-9-3-5-11(6-4-9)15(13,14)8-10(2)7-12/h3-6,8H,1-2H3/b10-8+. The number of benzene rings is 1. The Morgan fingerprint density at radius 3 is 2.33 bits per heavy atom. The maximum absolute atomic E-state index is 11.7. The summed E-state index contributed by atoms with van der Waals surface area (Å²) in [5.74, 6) is 0. The van der Waals surface area contributed by atoms with Crippen LogP contribution in [0.15, 0.2) is 40.1 Å². The Hall–Kier alpha value is -1.60. The van der Waals surface area contributed by atoms with E-state index in [0.29, 0.717) is 0 Å². The Bertz CT molecular complexity index is 519. The topological polar surface area (TPSA) is 57.9 Å². The van der Waals surface area contributed by atoms with E-state index in [9.17, 15) is 8.42 Å². The van der Waals surface area contributed by atoms with Crippen LogP contribution >= 0.6 is 0 Å². The minimum Gasteiger partial charge on any atom is -0.219 e. The molecule has 0 aromatic heterocycles. The Morgan fingerprint density at radius 1 is 1.33 bits per heavy atom. The molecule has 15 heavy (non-hydrogen) atoms. The first kappa shape index (κ1) is 11.5. The quantitative estimate of drug-likeness (QED) is 0.719. The largest absolute Gasteiger partial charge is 0.219 e. The molecule has 3 nitrogen and oxygen atoms in total. The molecule has 0 aliphatic heterocycles. The molecular formula is C11H11NO2S. The van der Waals surface area contributed by atoms with Gasteiger partial charge in [-0.1, -0.05) is 17.7 Å². The minimum atomic E-state index is -3.47. The summed E-state index contributed by atoms with van der Waals surface area (Å²) in [5, 5.41) is 9.49. The highest BCUT2D eigenvalue weighted by atomic mass is 32.2. The van der Waals surface area contributed by atoms with Gasteiger partial charge in [-0.25, -0.2) is 8.42 Å². The summed E-state index contributed by atoms with van der Waals surface area (Å²) in [6, 6.07) is 8.30. The van der Waals surface area contributed by atoms with E-state index >= 15 is 0 Å². The summed E-state index contributed by atoms with van der Waals surface area (Å²) in [5.41, 5.74) is 1.17. The van der Waals surface area contributed by atoms with Crippen LogP contribution in [-0.2, 0) is 9.84 Å². The Morgan fingerprint density at radius 2 is 1.87 bits per heavy atom. The van der Waals surface area contributed by atoms with Crippen molar-refractivity contribution in [2.24, 2.45) is 0 Å². The first-order valence-corrected chi connectivity index (χ1v) is 5.90. The number of allylic oxidation sites excluding steroid dienone is 1. The van der Waals surface area contributed by atoms with E-state index in [1.54, 1.807) is 18.2 Å². The van der Waals surface area contributed by atoms with Gasteiger partial charge >= 0.3 is 0 Å². The molecule has 1 rings (SSSR count). The van der Waals surface area contributed by atoms with Crippen LogP contribution in [0.5, 0.6) is 0 Å². The third-order valence-electron chi connectivity index (χ3n) is 1.86. The van der Waals surface area contributed by atoms with Crippen LogP contribution in [0.2, 0.25) is 0 Å². The molecule has 0 atom stereocenters. The van der Waals surface area contributed by atoms with Crippen molar-refractivity contribution >= 4 is 9.84 Å². The van der Waals surface area contributed by atoms with E-state index in [0.717, 1.165) is 11.0 Å². The summed E-state index contributed by atoms with van der Waals surface area (Å²) < 4.78 is 23.4. The van der Waals surface area contributed by atoms with Gasteiger partial charge in [0.1, 0.15) is 0 Å². The van der Waals surface area contributed by atoms with Gasteiger partial charge in [0.25, 0.3) is 0 Å². The van der Waals surface area contributed by atoms with Gasteiger partial charge in [0, 0.05) is 11.0 Å². The van der Waals surface area contributed by atoms with Crippen molar-refractivity contribution < 1.29 is 8.42 Å². The van der Waals surface area contributed by atoms with Gasteiger partial charge in [-0.3, -0.25) is 0 Å². The molecule has 0 saturated heterocycles. The number of hydrogen-bond donors (Lipinski definition) is 0. The summed E-state index contributed by atoms with van der Waals surface area (Å²) in [6.45, 7) is 3.35. The van der Waals surface area contributed by atoms with Crippen molar-refractivity contribution in [1.29, 1.82) is 5.26 Å². The molecule has 1 aromatic rings. The zero-order valence-corrected chi connectivity index (χ0v) is 9.38. The molecule has 4 heteroatoms. The molecule has 0 fully saturated rings. The SMILES string of the molecule is C/C(C#N)=C\S(=O)(=O)c1ccc(C)cc1. The molecular weight excluding hydrogens is 210 g/mol. The molecule has 0 heterocycles. The Kier molecular flexibility index (Phi) is 3.28. The molecule has 0 radical (unpaired) electrons. The number of aryl methyl sites for hydroxylation is 1. The van der Waals surface area contributed by atoms with E-state index in [4.69, 9.17) is 5.26 Å². The van der Waals surface area contributed by atoms with Crippen molar-refractivity contribution in [1.82, 2.24) is 0 Å². The van der Waals surface area contributed by atoms with Crippen LogP contribution in [0.4, 0.5) is 0 Å². The third-order valence-corrected chi connectivity index (χ3v) is 3.45. The number of nitrogens with zero attached hydrogens (tertiary/aromatic N) is 1. The van der Waals surface area contributed by atoms with Gasteiger partial charge < -0.3 is 0 Å². The van der Waals surface area contributed by atoms with Crippen LogP contribution in [0.25, 0.3) is 0 Å². The molecule has 0 aliphatic carbocycles. The molecule has 78 valence electrons. The summed E-state index contributed by atoms with van der Waals surface area (Å²) in [7, 11) is -3.47. The second-order valence-corrected chi connectivity index (χ2v) is 5.07. The highest BCUT2D eigenvalue weighted by Gasteiger charge is 2.10. The molecule has 1 aromatic carbocycles. The van der Waals surface area contributed by atoms with Crippen LogP contribution in [-0.4, -0.2) is 8.42 Å². The maximum Gasteiger partial charge on any atom is 0.200 e. The van der Waals surface area contributed by atoms with Crippen molar-refractivity contribution in [2.75, 3.05) is 0 Å². The molecule has 0 N–H and O–H groups in total. The van der Waals surface area contributed by atoms with Crippen LogP contribution in [0.1, 0.15) is 12.5 Å². The third kappa shape index (κ3) is 2.93. The number of sulfone groups is 1. The lowest BCUT2D eigenvalue weighted by Gasteiger charge is -1.99. The fraction of sp³-hybridized carbons (Fsp3) is 0.182. The highest BCUT2D eigenvalue weighted by Crippen LogP contribution is 2.14. The van der Waals surface area contributed by atoms with E-state index in [1.165, 1.54) is 19.1 Å². The molecule has 0 bridgehead atoms.